The fraction of sp³-hybridized carbons (Fsp3) is 0.500. The summed E-state index contributed by atoms with van der Waals surface area (Å²) in [7, 11) is -4.13. The van der Waals surface area contributed by atoms with Crippen LogP contribution in [0.1, 0.15) is 0 Å². The SMILES string of the molecule is O=c1[nH]cnc2c1ncn2C[C@@H](CO)OCCP(=O)(O)O. The summed E-state index contributed by atoms with van der Waals surface area (Å²) in [6.07, 6.45) is 1.52. The molecule has 10 nitrogen and oxygen atoms in total. The van der Waals surface area contributed by atoms with E-state index in [9.17, 15) is 14.5 Å². The molecule has 2 heterocycles. The lowest BCUT2D eigenvalue weighted by molar-refractivity contribution is 0.0101. The van der Waals surface area contributed by atoms with Gasteiger partial charge in [0, 0.05) is 0 Å². The highest BCUT2D eigenvalue weighted by molar-refractivity contribution is 7.51. The summed E-state index contributed by atoms with van der Waals surface area (Å²) in [6.45, 7) is -0.370. The summed E-state index contributed by atoms with van der Waals surface area (Å²) < 4.78 is 17.5. The first kappa shape index (κ1) is 15.8. The lowest BCUT2D eigenvalue weighted by atomic mass is 10.3. The first-order valence-corrected chi connectivity index (χ1v) is 7.86. The molecule has 1 atom stereocenters. The van der Waals surface area contributed by atoms with Gasteiger partial charge in [0.05, 0.1) is 44.7 Å². The number of ether oxygens (including phenoxy) is 1. The van der Waals surface area contributed by atoms with Crippen LogP contribution in [0, 0.1) is 0 Å². The third-order valence-electron chi connectivity index (χ3n) is 2.75. The second-order valence-corrected chi connectivity index (χ2v) is 6.14. The molecule has 0 amide bonds. The smallest absolute Gasteiger partial charge is 0.327 e. The molecule has 2 rings (SSSR count). The van der Waals surface area contributed by atoms with Gasteiger partial charge in [0.1, 0.15) is 0 Å². The number of nitrogens with zero attached hydrogens (tertiary/aromatic N) is 3. The number of fused-ring (bicyclic) bond motifs is 1. The zero-order valence-electron chi connectivity index (χ0n) is 10.9. The number of hydrogen-bond acceptors (Lipinski definition) is 6. The first-order valence-electron chi connectivity index (χ1n) is 6.06. The Morgan fingerprint density at radius 2 is 2.19 bits per heavy atom. The molecule has 4 N–H and O–H groups in total. The molecule has 2 aromatic rings. The van der Waals surface area contributed by atoms with E-state index in [1.165, 1.54) is 17.2 Å². The largest absolute Gasteiger partial charge is 0.394 e. The van der Waals surface area contributed by atoms with Crippen molar-refractivity contribution in [1.82, 2.24) is 19.5 Å². The van der Waals surface area contributed by atoms with Crippen LogP contribution >= 0.6 is 7.60 Å². The van der Waals surface area contributed by atoms with Gasteiger partial charge in [-0.3, -0.25) is 9.36 Å². The molecule has 0 aliphatic heterocycles. The van der Waals surface area contributed by atoms with E-state index in [4.69, 9.17) is 14.5 Å². The molecule has 0 saturated carbocycles. The second-order valence-electron chi connectivity index (χ2n) is 4.36. The van der Waals surface area contributed by atoms with E-state index in [0.717, 1.165) is 0 Å². The van der Waals surface area contributed by atoms with Crippen LogP contribution in [0.5, 0.6) is 0 Å². The van der Waals surface area contributed by atoms with Crippen molar-refractivity contribution >= 4 is 18.8 Å². The molecule has 0 aromatic carbocycles. The number of rotatable bonds is 7. The van der Waals surface area contributed by atoms with Crippen LogP contribution in [0.15, 0.2) is 17.4 Å². The van der Waals surface area contributed by atoms with Crippen molar-refractivity contribution in [2.75, 3.05) is 19.4 Å². The van der Waals surface area contributed by atoms with Crippen molar-refractivity contribution in [1.29, 1.82) is 0 Å². The maximum Gasteiger partial charge on any atom is 0.327 e. The summed E-state index contributed by atoms with van der Waals surface area (Å²) in [6, 6.07) is 0. The minimum atomic E-state index is -4.13. The van der Waals surface area contributed by atoms with Gasteiger partial charge in [0.25, 0.3) is 5.56 Å². The molecule has 0 radical (unpaired) electrons. The van der Waals surface area contributed by atoms with E-state index < -0.39 is 19.9 Å². The average molecular weight is 318 g/mol. The molecule has 0 fully saturated rings. The molecule has 0 saturated heterocycles. The zero-order chi connectivity index (χ0) is 15.5. The summed E-state index contributed by atoms with van der Waals surface area (Å²) in [4.78, 5) is 39.3. The lowest BCUT2D eigenvalue weighted by Crippen LogP contribution is -2.25. The Morgan fingerprint density at radius 3 is 2.86 bits per heavy atom. The predicted molar refractivity (Wildman–Crippen MR) is 71.9 cm³/mol. The van der Waals surface area contributed by atoms with Gasteiger partial charge in [0.2, 0.25) is 0 Å². The van der Waals surface area contributed by atoms with Crippen molar-refractivity contribution in [2.45, 2.75) is 12.6 Å². The normalized spacial score (nSPS) is 13.7. The fourth-order valence-corrected chi connectivity index (χ4v) is 2.09. The second kappa shape index (κ2) is 6.46. The third kappa shape index (κ3) is 4.19. The van der Waals surface area contributed by atoms with E-state index in [0.29, 0.717) is 5.65 Å². The molecular weight excluding hydrogens is 303 g/mol. The molecule has 2 aromatic heterocycles. The Balaban J connectivity index is 2.05. The molecule has 0 spiro atoms. The predicted octanol–water partition coefficient (Wildman–Crippen LogP) is -1.33. The van der Waals surface area contributed by atoms with E-state index in [2.05, 4.69) is 15.0 Å². The van der Waals surface area contributed by atoms with Crippen molar-refractivity contribution in [3.05, 3.63) is 23.0 Å². The van der Waals surface area contributed by atoms with Gasteiger partial charge in [0.15, 0.2) is 11.2 Å². The third-order valence-corrected chi connectivity index (χ3v) is 3.51. The maximum absolute atomic E-state index is 11.5. The van der Waals surface area contributed by atoms with Gasteiger partial charge in [-0.25, -0.2) is 9.97 Å². The summed E-state index contributed by atoms with van der Waals surface area (Å²) >= 11 is 0. The Labute approximate surface area is 118 Å². The molecule has 0 aliphatic carbocycles. The van der Waals surface area contributed by atoms with Gasteiger partial charge in [-0.2, -0.15) is 0 Å². The molecule has 0 aliphatic rings. The summed E-state index contributed by atoms with van der Waals surface area (Å²) in [5.74, 6) is 0. The van der Waals surface area contributed by atoms with Crippen molar-refractivity contribution in [3.8, 4) is 0 Å². The topological polar surface area (TPSA) is 151 Å². The number of imidazole rings is 1. The van der Waals surface area contributed by atoms with Crippen LogP contribution in [-0.2, 0) is 15.8 Å². The molecule has 116 valence electrons. The number of aliphatic hydroxyl groups excluding tert-OH is 1. The monoisotopic (exact) mass is 318 g/mol. The van der Waals surface area contributed by atoms with Crippen LogP contribution in [0.25, 0.3) is 11.2 Å². The Kier molecular flexibility index (Phi) is 4.86. The summed E-state index contributed by atoms with van der Waals surface area (Å²) in [5, 5.41) is 9.24. The Hall–Kier alpha value is -1.58. The maximum atomic E-state index is 11.5. The van der Waals surface area contributed by atoms with Gasteiger partial charge in [-0.15, -0.1) is 0 Å². The minimum absolute atomic E-state index is 0.157. The fourth-order valence-electron chi connectivity index (χ4n) is 1.75. The number of aromatic nitrogens is 4. The van der Waals surface area contributed by atoms with Crippen molar-refractivity contribution < 1.29 is 24.2 Å². The highest BCUT2D eigenvalue weighted by Crippen LogP contribution is 2.33. The van der Waals surface area contributed by atoms with E-state index >= 15 is 0 Å². The quantitative estimate of drug-likeness (QED) is 0.459. The van der Waals surface area contributed by atoms with Crippen LogP contribution in [-0.4, -0.2) is 59.9 Å². The molecule has 0 bridgehead atoms. The van der Waals surface area contributed by atoms with Gasteiger partial charge >= 0.3 is 7.60 Å². The summed E-state index contributed by atoms with van der Waals surface area (Å²) in [5.41, 5.74) is 0.141. The number of hydrogen-bond donors (Lipinski definition) is 4. The van der Waals surface area contributed by atoms with E-state index in [1.54, 1.807) is 0 Å². The standard InChI is InChI=1S/C10H15N4O6P/c15-4-7(20-1-2-21(17,18)19)3-14-6-13-8-9(14)11-5-12-10(8)16/h5-7,15H,1-4H2,(H,11,12,16)(H2,17,18,19)/t7-/m0/s1. The highest BCUT2D eigenvalue weighted by atomic mass is 31.2. The molecular formula is C10H15N4O6P. The molecule has 0 unspecified atom stereocenters. The average Bonchev–Trinajstić information content (AvgIpc) is 2.81. The van der Waals surface area contributed by atoms with Gasteiger partial charge in [-0.1, -0.05) is 0 Å². The minimum Gasteiger partial charge on any atom is -0.394 e. The zero-order valence-corrected chi connectivity index (χ0v) is 11.8. The van der Waals surface area contributed by atoms with Crippen molar-refractivity contribution in [2.24, 2.45) is 0 Å². The van der Waals surface area contributed by atoms with Crippen LogP contribution < -0.4 is 5.56 Å². The van der Waals surface area contributed by atoms with Crippen LogP contribution in [0.3, 0.4) is 0 Å². The lowest BCUT2D eigenvalue weighted by Gasteiger charge is -2.16. The number of aliphatic hydroxyl groups is 1. The van der Waals surface area contributed by atoms with Crippen molar-refractivity contribution in [3.63, 3.8) is 0 Å². The number of aromatic amines is 1. The van der Waals surface area contributed by atoms with Crippen LogP contribution in [0.2, 0.25) is 0 Å². The van der Waals surface area contributed by atoms with E-state index in [1.807, 2.05) is 0 Å². The first-order chi connectivity index (χ1) is 9.90. The number of H-pyrrole nitrogens is 1. The number of nitrogens with one attached hydrogen (secondary N) is 1. The molecule has 11 heteroatoms. The molecule has 21 heavy (non-hydrogen) atoms. The highest BCUT2D eigenvalue weighted by Gasteiger charge is 2.17. The Morgan fingerprint density at radius 1 is 1.43 bits per heavy atom. The van der Waals surface area contributed by atoms with Gasteiger partial charge < -0.3 is 29.2 Å². The Bertz CT molecular complexity index is 707. The van der Waals surface area contributed by atoms with E-state index in [-0.39, 0.29) is 30.8 Å². The van der Waals surface area contributed by atoms with Gasteiger partial charge in [-0.05, 0) is 0 Å². The van der Waals surface area contributed by atoms with Crippen LogP contribution in [0.4, 0.5) is 0 Å².